The molecule has 22 heavy (non-hydrogen) atoms. The Balaban J connectivity index is 1.51. The molecule has 0 fully saturated rings. The summed E-state index contributed by atoms with van der Waals surface area (Å²) >= 11 is 0. The first kappa shape index (κ1) is 14.6. The Morgan fingerprint density at radius 1 is 1.45 bits per heavy atom. The number of aromatic nitrogens is 2. The Morgan fingerprint density at radius 2 is 2.32 bits per heavy atom. The number of rotatable bonds is 4. The second kappa shape index (κ2) is 6.22. The highest BCUT2D eigenvalue weighted by molar-refractivity contribution is 5.77. The molecule has 1 aliphatic heterocycles. The molecule has 0 aliphatic carbocycles. The van der Waals surface area contributed by atoms with E-state index in [2.05, 4.69) is 20.9 Å². The van der Waals surface area contributed by atoms with Gasteiger partial charge in [-0.15, -0.1) is 0 Å². The lowest BCUT2D eigenvalue weighted by molar-refractivity contribution is -0.124. The smallest absolute Gasteiger partial charge is 0.258 e. The van der Waals surface area contributed by atoms with Crippen molar-refractivity contribution < 1.29 is 9.53 Å². The number of benzene rings is 1. The molecule has 2 aromatic rings. The molecule has 2 heterocycles. The maximum Gasteiger partial charge on any atom is 0.258 e. The van der Waals surface area contributed by atoms with Gasteiger partial charge >= 0.3 is 0 Å². The molecular formula is C17H21N3O2. The fourth-order valence-electron chi connectivity index (χ4n) is 2.86. The van der Waals surface area contributed by atoms with Gasteiger partial charge in [0.05, 0.1) is 0 Å². The number of nitrogens with zero attached hydrogens (tertiary/aromatic N) is 2. The van der Waals surface area contributed by atoms with Crippen LogP contribution < -0.4 is 10.1 Å². The van der Waals surface area contributed by atoms with E-state index in [9.17, 15) is 4.79 Å². The molecule has 3 rings (SSSR count). The number of aryl methyl sites for hydroxylation is 3. The third-order valence-electron chi connectivity index (χ3n) is 3.99. The van der Waals surface area contributed by atoms with Gasteiger partial charge in [-0.25, -0.2) is 4.98 Å². The summed E-state index contributed by atoms with van der Waals surface area (Å²) in [4.78, 5) is 16.3. The lowest BCUT2D eigenvalue weighted by atomic mass is 10.1. The van der Waals surface area contributed by atoms with E-state index in [-0.39, 0.29) is 18.6 Å². The third kappa shape index (κ3) is 3.30. The third-order valence-corrected chi connectivity index (χ3v) is 3.99. The summed E-state index contributed by atoms with van der Waals surface area (Å²) in [6, 6.07) is 6.10. The molecule has 5 heteroatoms. The second-order valence-electron chi connectivity index (χ2n) is 5.86. The van der Waals surface area contributed by atoms with Crippen molar-refractivity contribution in [3.05, 3.63) is 47.5 Å². The number of hydrogen-bond acceptors (Lipinski definition) is 3. The lowest BCUT2D eigenvalue weighted by Crippen LogP contribution is -2.42. The number of carbonyl (C=O) groups is 1. The minimum atomic E-state index is -0.0754. The standard InChI is InChI=1S/C17H21N3O2/c1-12-3-5-15(13(2)9-12)22-11-17(21)19-14-4-6-16-18-7-8-20(16)10-14/h3,5,7-9,14H,4,6,10-11H2,1-2H3,(H,19,21). The van der Waals surface area contributed by atoms with Crippen molar-refractivity contribution in [3.63, 3.8) is 0 Å². The first-order valence-corrected chi connectivity index (χ1v) is 7.61. The zero-order chi connectivity index (χ0) is 15.5. The molecule has 0 saturated carbocycles. The summed E-state index contributed by atoms with van der Waals surface area (Å²) in [5.74, 6) is 1.78. The molecule has 0 saturated heterocycles. The van der Waals surface area contributed by atoms with Gasteiger partial charge in [0.15, 0.2) is 6.61 Å². The zero-order valence-electron chi connectivity index (χ0n) is 13.0. The van der Waals surface area contributed by atoms with Crippen LogP contribution in [0.15, 0.2) is 30.6 Å². The van der Waals surface area contributed by atoms with Crippen molar-refractivity contribution in [2.45, 2.75) is 39.3 Å². The highest BCUT2D eigenvalue weighted by Crippen LogP contribution is 2.18. The van der Waals surface area contributed by atoms with Crippen LogP contribution in [0.25, 0.3) is 0 Å². The van der Waals surface area contributed by atoms with E-state index in [4.69, 9.17) is 4.74 Å². The molecule has 0 spiro atoms. The van der Waals surface area contributed by atoms with E-state index in [1.807, 2.05) is 38.4 Å². The molecule has 1 aromatic carbocycles. The molecule has 116 valence electrons. The predicted octanol–water partition coefficient (Wildman–Crippen LogP) is 2.01. The SMILES string of the molecule is Cc1ccc(OCC(=O)NC2CCc3nccn3C2)c(C)c1. The average Bonchev–Trinajstić information content (AvgIpc) is 2.94. The predicted molar refractivity (Wildman–Crippen MR) is 83.9 cm³/mol. The molecule has 0 bridgehead atoms. The number of imidazole rings is 1. The van der Waals surface area contributed by atoms with Gasteiger partial charge in [0, 0.05) is 31.4 Å². The number of hydrogen-bond donors (Lipinski definition) is 1. The molecule has 1 atom stereocenters. The highest BCUT2D eigenvalue weighted by atomic mass is 16.5. The van der Waals surface area contributed by atoms with Gasteiger partial charge in [-0.1, -0.05) is 17.7 Å². The van der Waals surface area contributed by atoms with Crippen LogP contribution in [0.5, 0.6) is 5.75 Å². The number of carbonyl (C=O) groups excluding carboxylic acids is 1. The first-order chi connectivity index (χ1) is 10.6. The summed E-state index contributed by atoms with van der Waals surface area (Å²) in [7, 11) is 0. The first-order valence-electron chi connectivity index (χ1n) is 7.61. The molecule has 1 aliphatic rings. The molecule has 1 N–H and O–H groups in total. The summed E-state index contributed by atoms with van der Waals surface area (Å²) in [5, 5.41) is 3.04. The van der Waals surface area contributed by atoms with Crippen LogP contribution in [-0.4, -0.2) is 28.1 Å². The molecule has 1 aromatic heterocycles. The second-order valence-corrected chi connectivity index (χ2v) is 5.86. The van der Waals surface area contributed by atoms with Crippen LogP contribution in [0.4, 0.5) is 0 Å². The van der Waals surface area contributed by atoms with Crippen LogP contribution in [0.3, 0.4) is 0 Å². The molecule has 1 unspecified atom stereocenters. The van der Waals surface area contributed by atoms with Gasteiger partial charge in [-0.05, 0) is 31.9 Å². The average molecular weight is 299 g/mol. The van der Waals surface area contributed by atoms with Crippen LogP contribution in [0.1, 0.15) is 23.4 Å². The fraction of sp³-hybridized carbons (Fsp3) is 0.412. The van der Waals surface area contributed by atoms with Crippen molar-refractivity contribution in [1.29, 1.82) is 0 Å². The van der Waals surface area contributed by atoms with Crippen LogP contribution in [0.2, 0.25) is 0 Å². The van der Waals surface area contributed by atoms with E-state index < -0.39 is 0 Å². The van der Waals surface area contributed by atoms with Crippen molar-refractivity contribution in [3.8, 4) is 5.75 Å². The highest BCUT2D eigenvalue weighted by Gasteiger charge is 2.20. The molecular weight excluding hydrogens is 278 g/mol. The van der Waals surface area contributed by atoms with Crippen LogP contribution in [0, 0.1) is 13.8 Å². The van der Waals surface area contributed by atoms with E-state index in [1.165, 1.54) is 5.56 Å². The van der Waals surface area contributed by atoms with E-state index >= 15 is 0 Å². The van der Waals surface area contributed by atoms with Gasteiger partial charge < -0.3 is 14.6 Å². The van der Waals surface area contributed by atoms with Crippen molar-refractivity contribution in [2.75, 3.05) is 6.61 Å². The van der Waals surface area contributed by atoms with Gasteiger partial charge in [-0.3, -0.25) is 4.79 Å². The summed E-state index contributed by atoms with van der Waals surface area (Å²) in [6.07, 6.45) is 5.59. The topological polar surface area (TPSA) is 56.1 Å². The van der Waals surface area contributed by atoms with Crippen molar-refractivity contribution in [2.24, 2.45) is 0 Å². The van der Waals surface area contributed by atoms with Crippen LogP contribution >= 0.6 is 0 Å². The zero-order valence-corrected chi connectivity index (χ0v) is 13.0. The largest absolute Gasteiger partial charge is 0.484 e. The minimum absolute atomic E-state index is 0.0528. The van der Waals surface area contributed by atoms with E-state index in [0.717, 1.165) is 36.5 Å². The van der Waals surface area contributed by atoms with Gasteiger partial charge in [-0.2, -0.15) is 0 Å². The Kier molecular flexibility index (Phi) is 4.13. The molecule has 0 radical (unpaired) electrons. The van der Waals surface area contributed by atoms with Gasteiger partial charge in [0.1, 0.15) is 11.6 Å². The maximum atomic E-state index is 12.1. The number of fused-ring (bicyclic) bond motifs is 1. The lowest BCUT2D eigenvalue weighted by Gasteiger charge is -2.24. The molecule has 5 nitrogen and oxygen atoms in total. The number of nitrogens with one attached hydrogen (secondary N) is 1. The number of amides is 1. The Bertz CT molecular complexity index is 678. The monoisotopic (exact) mass is 299 g/mol. The van der Waals surface area contributed by atoms with E-state index in [1.54, 1.807) is 0 Å². The summed E-state index contributed by atoms with van der Waals surface area (Å²) in [5.41, 5.74) is 2.24. The quantitative estimate of drug-likeness (QED) is 0.939. The number of ether oxygens (including phenoxy) is 1. The van der Waals surface area contributed by atoms with Gasteiger partial charge in [0.2, 0.25) is 0 Å². The van der Waals surface area contributed by atoms with Crippen LogP contribution in [-0.2, 0) is 17.8 Å². The Morgan fingerprint density at radius 3 is 3.14 bits per heavy atom. The fourth-order valence-corrected chi connectivity index (χ4v) is 2.86. The maximum absolute atomic E-state index is 12.1. The van der Waals surface area contributed by atoms with Gasteiger partial charge in [0.25, 0.3) is 5.91 Å². The Hall–Kier alpha value is -2.30. The van der Waals surface area contributed by atoms with E-state index in [0.29, 0.717) is 0 Å². The van der Waals surface area contributed by atoms with Crippen molar-refractivity contribution >= 4 is 5.91 Å². The van der Waals surface area contributed by atoms with Crippen molar-refractivity contribution in [1.82, 2.24) is 14.9 Å². The Labute approximate surface area is 130 Å². The summed E-state index contributed by atoms with van der Waals surface area (Å²) < 4.78 is 7.72. The summed E-state index contributed by atoms with van der Waals surface area (Å²) in [6.45, 7) is 4.86. The molecule has 1 amide bonds. The normalized spacial score (nSPS) is 16.9. The minimum Gasteiger partial charge on any atom is -0.484 e.